The van der Waals surface area contributed by atoms with E-state index in [1.54, 1.807) is 0 Å². The fourth-order valence-corrected chi connectivity index (χ4v) is 5.83. The molecular formula is C27H20N5Na3O15S5. The van der Waals surface area contributed by atoms with Crippen molar-refractivity contribution in [2.45, 2.75) is 14.7 Å². The number of sulfone groups is 2. The number of nitrogens with two attached hydrogens (primary N) is 1. The van der Waals surface area contributed by atoms with Crippen molar-refractivity contribution in [2.75, 3.05) is 18.3 Å². The largest absolute Gasteiger partial charge is 1.00 e. The van der Waals surface area contributed by atoms with Gasteiger partial charge in [0.05, 0.1) is 22.6 Å². The summed E-state index contributed by atoms with van der Waals surface area (Å²) in [6, 6.07) is 10.8. The SMILES string of the molecule is C=CS(=O)(=O)c1c[c-]c(N=Nc2c(S(=O)(=O)[O-])cc3c(c2N)C(=O)C(=NNc2cc(S(=O)(=O)C=C)ccc2OC)[C-]=C3)cc1.O=S(=O)=O.O=S(=O)=O.[Na+].[Na+].[Na+]. The van der Waals surface area contributed by atoms with Crippen LogP contribution in [0.4, 0.5) is 22.7 Å². The van der Waals surface area contributed by atoms with E-state index in [2.05, 4.69) is 46.1 Å². The molecule has 3 aromatic carbocycles. The Balaban J connectivity index is 0. The van der Waals surface area contributed by atoms with Gasteiger partial charge in [-0.25, -0.2) is 25.3 Å². The zero-order chi connectivity index (χ0) is 39.6. The molecule has 0 heterocycles. The molecule has 0 amide bonds. The third-order valence-corrected chi connectivity index (χ3v) is 9.54. The predicted octanol–water partition coefficient (Wildman–Crippen LogP) is -7.28. The van der Waals surface area contributed by atoms with Gasteiger partial charge in [-0.05, 0) is 28.8 Å². The second-order valence-corrected chi connectivity index (χ2v) is 15.0. The number of hydrogen-bond acceptors (Lipinski definition) is 20. The molecule has 20 nitrogen and oxygen atoms in total. The quantitative estimate of drug-likeness (QED) is 0.0477. The first-order valence-corrected chi connectivity index (χ1v) is 19.4. The number of benzene rings is 3. The summed E-state index contributed by atoms with van der Waals surface area (Å²) in [5, 5.41) is 13.1. The molecule has 0 aromatic heterocycles. The number of carbonyl (C=O) groups is 1. The molecule has 0 atom stereocenters. The van der Waals surface area contributed by atoms with E-state index in [1.165, 1.54) is 43.5 Å². The van der Waals surface area contributed by atoms with Gasteiger partial charge in [-0.3, -0.25) is 5.43 Å². The van der Waals surface area contributed by atoms with Gasteiger partial charge in [0.25, 0.3) is 0 Å². The molecule has 1 aliphatic rings. The summed E-state index contributed by atoms with van der Waals surface area (Å²) in [5.74, 6) is -0.664. The van der Waals surface area contributed by atoms with E-state index in [0.717, 1.165) is 22.9 Å². The van der Waals surface area contributed by atoms with Gasteiger partial charge in [-0.15, -0.1) is 42.0 Å². The molecule has 0 bridgehead atoms. The molecule has 0 saturated heterocycles. The molecule has 0 spiro atoms. The first-order chi connectivity index (χ1) is 24.1. The number of hydrazone groups is 1. The molecule has 4 rings (SSSR count). The van der Waals surface area contributed by atoms with Crippen molar-refractivity contribution in [2.24, 2.45) is 15.3 Å². The van der Waals surface area contributed by atoms with Crippen LogP contribution in [0.5, 0.6) is 5.75 Å². The van der Waals surface area contributed by atoms with Crippen molar-refractivity contribution >= 4 is 91.3 Å². The summed E-state index contributed by atoms with van der Waals surface area (Å²) in [7, 11) is -17.6. The normalized spacial score (nSPS) is 12.4. The molecule has 0 unspecified atom stereocenters. The van der Waals surface area contributed by atoms with Crippen LogP contribution in [0, 0.1) is 12.1 Å². The van der Waals surface area contributed by atoms with E-state index in [-0.39, 0.29) is 132 Å². The number of hydrogen-bond donors (Lipinski definition) is 2. The van der Waals surface area contributed by atoms with Crippen LogP contribution in [0.15, 0.2) is 96.5 Å². The number of rotatable bonds is 10. The maximum Gasteiger partial charge on any atom is 1.00 e. The van der Waals surface area contributed by atoms with Crippen molar-refractivity contribution in [3.8, 4) is 5.75 Å². The maximum atomic E-state index is 13.4. The topological polar surface area (TPSA) is 329 Å². The number of azo groups is 1. The van der Waals surface area contributed by atoms with Crippen LogP contribution >= 0.6 is 0 Å². The van der Waals surface area contributed by atoms with Crippen LogP contribution < -0.4 is 105 Å². The Bertz CT molecular complexity index is 2580. The Morgan fingerprint density at radius 1 is 0.855 bits per heavy atom. The van der Waals surface area contributed by atoms with Gasteiger partial charge >= 0.3 is 110 Å². The van der Waals surface area contributed by atoms with E-state index < -0.39 is 73.1 Å². The van der Waals surface area contributed by atoms with E-state index in [1.807, 2.05) is 0 Å². The Kier molecular flexibility index (Phi) is 23.2. The minimum Gasteiger partial charge on any atom is -0.744 e. The second kappa shape index (κ2) is 23.5. The zero-order valence-corrected chi connectivity index (χ0v) is 38.9. The number of methoxy groups -OCH3 is 1. The fraction of sp³-hybridized carbons (Fsp3) is 0.0370. The van der Waals surface area contributed by atoms with E-state index >= 15 is 0 Å². The molecule has 3 aromatic rings. The van der Waals surface area contributed by atoms with Crippen LogP contribution in [0.1, 0.15) is 15.9 Å². The summed E-state index contributed by atoms with van der Waals surface area (Å²) < 4.78 is 140. The van der Waals surface area contributed by atoms with Gasteiger partial charge in [0.1, 0.15) is 27.3 Å². The predicted molar refractivity (Wildman–Crippen MR) is 179 cm³/mol. The number of nitrogens with zero attached hydrogens (tertiary/aromatic N) is 3. The van der Waals surface area contributed by atoms with Crippen LogP contribution in [0.3, 0.4) is 0 Å². The average Bonchev–Trinajstić information content (AvgIpc) is 3.06. The first-order valence-electron chi connectivity index (χ1n) is 12.9. The number of carbonyl (C=O) groups excluding carboxylic acids is 1. The van der Waals surface area contributed by atoms with Gasteiger partial charge in [0.15, 0.2) is 19.7 Å². The molecule has 55 heavy (non-hydrogen) atoms. The van der Waals surface area contributed by atoms with Gasteiger partial charge in [0.2, 0.25) is 0 Å². The van der Waals surface area contributed by atoms with Crippen molar-refractivity contribution in [1.29, 1.82) is 0 Å². The average molecular weight is 884 g/mol. The molecule has 1 aliphatic carbocycles. The van der Waals surface area contributed by atoms with Gasteiger partial charge < -0.3 is 19.8 Å². The number of nitrogens with one attached hydrogen (secondary N) is 1. The summed E-state index contributed by atoms with van der Waals surface area (Å²) in [5.41, 5.74) is 6.87. The van der Waals surface area contributed by atoms with E-state index in [4.69, 9.17) is 35.7 Å². The summed E-state index contributed by atoms with van der Waals surface area (Å²) in [4.78, 5) is 12.2. The second-order valence-electron chi connectivity index (χ2n) is 9.05. The molecule has 276 valence electrons. The molecule has 3 N–H and O–H groups in total. The molecule has 0 radical (unpaired) electrons. The number of ketones is 1. The molecule has 28 heteroatoms. The third kappa shape index (κ3) is 15.6. The Morgan fingerprint density at radius 3 is 1.85 bits per heavy atom. The van der Waals surface area contributed by atoms with Crippen LogP contribution in [-0.4, -0.2) is 73.7 Å². The molecule has 0 aliphatic heterocycles. The molecular weight excluding hydrogens is 864 g/mol. The minimum absolute atomic E-state index is 0. The smallest absolute Gasteiger partial charge is 0.744 e. The first kappa shape index (κ1) is 54.4. The summed E-state index contributed by atoms with van der Waals surface area (Å²) >= 11 is 0. The van der Waals surface area contributed by atoms with Crippen LogP contribution in [0.25, 0.3) is 6.08 Å². The number of Topliss-reactive ketones (excluding diaryl/α,β-unsaturated/α-hetero) is 1. The number of anilines is 2. The number of allylic oxidation sites excluding steroid dienone is 1. The monoisotopic (exact) mass is 883 g/mol. The van der Waals surface area contributed by atoms with Crippen LogP contribution in [0.2, 0.25) is 0 Å². The molecule has 0 saturated carbocycles. The Morgan fingerprint density at radius 2 is 1.38 bits per heavy atom. The number of fused-ring (bicyclic) bond motifs is 1. The summed E-state index contributed by atoms with van der Waals surface area (Å²) in [6.45, 7) is 6.50. The Hall–Kier alpha value is -2.73. The standard InChI is InChI=1S/C27H21N5O9S3.3Na.2O3S/c1-4-42(34,35)18-9-7-17(8-10-18)29-32-26-23(44(38,39)40)14-16-6-12-20(27(33)24(16)25(26)28)30-31-21-15-19(43(36,37)5-2)11-13-22(21)41-3;;;;2*1-4(2)3/h4-7,9-11,13-15,31H,1-2,28H2,3H3,(H,38,39,40);;;;;/q-2;3*+1;;/p-1. The number of ether oxygens (including phenoxy) is 1. The number of nitrogen functional groups attached to an aromatic ring is 1. The van der Waals surface area contributed by atoms with Gasteiger partial charge in [-0.2, -0.15) is 40.6 Å². The van der Waals surface area contributed by atoms with Crippen molar-refractivity contribution in [3.05, 3.63) is 89.7 Å². The van der Waals surface area contributed by atoms with Crippen molar-refractivity contribution < 1.29 is 153 Å². The van der Waals surface area contributed by atoms with Gasteiger partial charge in [0, 0.05) is 22.2 Å². The molecule has 0 fully saturated rings. The summed E-state index contributed by atoms with van der Waals surface area (Å²) in [6.07, 6.45) is 3.74. The fourth-order valence-electron chi connectivity index (χ4n) is 3.77. The van der Waals surface area contributed by atoms with Crippen molar-refractivity contribution in [1.82, 2.24) is 0 Å². The van der Waals surface area contributed by atoms with Crippen molar-refractivity contribution in [3.63, 3.8) is 0 Å². The Labute approximate surface area is 383 Å². The third-order valence-electron chi connectivity index (χ3n) is 5.99. The van der Waals surface area contributed by atoms with E-state index in [9.17, 15) is 34.6 Å². The zero-order valence-electron chi connectivity index (χ0n) is 28.8. The van der Waals surface area contributed by atoms with E-state index in [0.29, 0.717) is 0 Å². The van der Waals surface area contributed by atoms with Crippen LogP contribution in [-0.2, 0) is 51.0 Å². The van der Waals surface area contributed by atoms with Gasteiger partial charge in [-0.1, -0.05) is 24.8 Å². The minimum atomic E-state index is -5.18. The maximum absolute atomic E-state index is 13.4.